The highest BCUT2D eigenvalue weighted by Crippen LogP contribution is 2.17. The summed E-state index contributed by atoms with van der Waals surface area (Å²) in [5.74, 6) is 0. The van der Waals surface area contributed by atoms with Crippen molar-refractivity contribution in [1.29, 1.82) is 0 Å². The maximum Gasteiger partial charge on any atom is 0.137 e. The molecule has 0 saturated carbocycles. The molecule has 2 rings (SSSR count). The maximum atomic E-state index is 5.85. The second kappa shape index (κ2) is 4.03. The molecule has 0 bridgehead atoms. The Kier molecular flexibility index (Phi) is 3.26. The SMILES string of the molecule is Cl.Clc1ncnc2c1CNCC2. The first kappa shape index (κ1) is 9.71. The molecular formula is C7H9Cl2N3. The van der Waals surface area contributed by atoms with Crippen LogP contribution in [-0.4, -0.2) is 16.5 Å². The minimum absolute atomic E-state index is 0. The van der Waals surface area contributed by atoms with Crippen LogP contribution in [0.1, 0.15) is 11.3 Å². The third kappa shape index (κ3) is 1.68. The molecule has 0 aliphatic carbocycles. The van der Waals surface area contributed by atoms with Crippen LogP contribution in [0.2, 0.25) is 5.15 Å². The van der Waals surface area contributed by atoms with Crippen LogP contribution in [0, 0.1) is 0 Å². The van der Waals surface area contributed by atoms with Crippen LogP contribution >= 0.6 is 24.0 Å². The van der Waals surface area contributed by atoms with Gasteiger partial charge in [-0.1, -0.05) is 11.6 Å². The highest BCUT2D eigenvalue weighted by Gasteiger charge is 2.12. The standard InChI is InChI=1S/C7H8ClN3.ClH/c8-7-5-3-9-2-1-6(5)10-4-11-7;/h4,9H,1-3H2;1H. The van der Waals surface area contributed by atoms with E-state index in [1.165, 1.54) is 6.33 Å². The molecule has 0 fully saturated rings. The zero-order valence-electron chi connectivity index (χ0n) is 6.38. The van der Waals surface area contributed by atoms with Crippen molar-refractivity contribution in [3.63, 3.8) is 0 Å². The average molecular weight is 206 g/mol. The molecule has 1 aromatic heterocycles. The zero-order chi connectivity index (χ0) is 7.68. The Labute approximate surface area is 82.0 Å². The number of nitrogens with zero attached hydrogens (tertiary/aromatic N) is 2. The van der Waals surface area contributed by atoms with Crippen molar-refractivity contribution in [3.05, 3.63) is 22.7 Å². The maximum absolute atomic E-state index is 5.85. The number of hydrogen-bond donors (Lipinski definition) is 1. The van der Waals surface area contributed by atoms with Crippen LogP contribution in [0.5, 0.6) is 0 Å². The molecule has 1 aliphatic heterocycles. The Hall–Kier alpha value is -0.380. The van der Waals surface area contributed by atoms with Gasteiger partial charge in [0.25, 0.3) is 0 Å². The molecule has 0 atom stereocenters. The molecule has 3 nitrogen and oxygen atoms in total. The highest BCUT2D eigenvalue weighted by molar-refractivity contribution is 6.30. The first-order valence-electron chi connectivity index (χ1n) is 3.57. The smallest absolute Gasteiger partial charge is 0.137 e. The fourth-order valence-corrected chi connectivity index (χ4v) is 1.45. The van der Waals surface area contributed by atoms with Gasteiger partial charge in [0.2, 0.25) is 0 Å². The number of fused-ring (bicyclic) bond motifs is 1. The van der Waals surface area contributed by atoms with E-state index in [4.69, 9.17) is 11.6 Å². The summed E-state index contributed by atoms with van der Waals surface area (Å²) >= 11 is 5.85. The lowest BCUT2D eigenvalue weighted by Crippen LogP contribution is -2.25. The first-order valence-corrected chi connectivity index (χ1v) is 3.94. The van der Waals surface area contributed by atoms with Crippen LogP contribution in [0.4, 0.5) is 0 Å². The number of nitrogens with one attached hydrogen (secondary N) is 1. The minimum Gasteiger partial charge on any atom is -0.312 e. The number of halogens is 2. The first-order chi connectivity index (χ1) is 5.38. The summed E-state index contributed by atoms with van der Waals surface area (Å²) in [4.78, 5) is 8.05. The molecule has 0 aromatic carbocycles. The summed E-state index contributed by atoms with van der Waals surface area (Å²) < 4.78 is 0. The van der Waals surface area contributed by atoms with E-state index < -0.39 is 0 Å². The number of rotatable bonds is 0. The van der Waals surface area contributed by atoms with Gasteiger partial charge < -0.3 is 5.32 Å². The van der Waals surface area contributed by atoms with Crippen LogP contribution in [0.15, 0.2) is 6.33 Å². The van der Waals surface area contributed by atoms with Crippen LogP contribution in [0.3, 0.4) is 0 Å². The van der Waals surface area contributed by atoms with Crippen molar-refractivity contribution in [2.24, 2.45) is 0 Å². The summed E-state index contributed by atoms with van der Waals surface area (Å²) in [5, 5.41) is 3.80. The Balaban J connectivity index is 0.000000720. The van der Waals surface area contributed by atoms with E-state index in [1.54, 1.807) is 0 Å². The lowest BCUT2D eigenvalue weighted by Gasteiger charge is -2.15. The van der Waals surface area contributed by atoms with E-state index >= 15 is 0 Å². The van der Waals surface area contributed by atoms with Crippen molar-refractivity contribution in [2.45, 2.75) is 13.0 Å². The predicted octanol–water partition coefficient (Wildman–Crippen LogP) is 1.20. The fraction of sp³-hybridized carbons (Fsp3) is 0.429. The minimum atomic E-state index is 0. The normalized spacial score (nSPS) is 14.8. The second-order valence-electron chi connectivity index (χ2n) is 2.52. The van der Waals surface area contributed by atoms with Gasteiger partial charge in [-0.05, 0) is 0 Å². The topological polar surface area (TPSA) is 37.8 Å². The molecule has 2 heterocycles. The molecule has 1 aliphatic rings. The summed E-state index contributed by atoms with van der Waals surface area (Å²) in [7, 11) is 0. The monoisotopic (exact) mass is 205 g/mol. The van der Waals surface area contributed by atoms with Gasteiger partial charge in [0.05, 0.1) is 5.69 Å². The molecule has 0 spiro atoms. The van der Waals surface area contributed by atoms with Crippen molar-refractivity contribution >= 4 is 24.0 Å². The second-order valence-corrected chi connectivity index (χ2v) is 2.87. The van der Waals surface area contributed by atoms with Gasteiger partial charge in [-0.15, -0.1) is 12.4 Å². The summed E-state index contributed by atoms with van der Waals surface area (Å²) in [5.41, 5.74) is 2.14. The number of hydrogen-bond acceptors (Lipinski definition) is 3. The van der Waals surface area contributed by atoms with Crippen LogP contribution in [-0.2, 0) is 13.0 Å². The quantitative estimate of drug-likeness (QED) is 0.648. The molecule has 1 N–H and O–H groups in total. The molecular weight excluding hydrogens is 197 g/mol. The number of aromatic nitrogens is 2. The van der Waals surface area contributed by atoms with Crippen LogP contribution < -0.4 is 5.32 Å². The molecule has 1 aromatic rings. The molecule has 0 unspecified atom stereocenters. The third-order valence-corrected chi connectivity index (χ3v) is 2.15. The van der Waals surface area contributed by atoms with Gasteiger partial charge in [0.1, 0.15) is 11.5 Å². The predicted molar refractivity (Wildman–Crippen MR) is 49.7 cm³/mol. The zero-order valence-corrected chi connectivity index (χ0v) is 7.95. The van der Waals surface area contributed by atoms with Gasteiger partial charge in [-0.3, -0.25) is 0 Å². The largest absolute Gasteiger partial charge is 0.312 e. The Morgan fingerprint density at radius 3 is 3.00 bits per heavy atom. The molecule has 0 radical (unpaired) electrons. The van der Waals surface area contributed by atoms with Gasteiger partial charge in [-0.2, -0.15) is 0 Å². The fourth-order valence-electron chi connectivity index (χ4n) is 1.23. The molecule has 5 heteroatoms. The molecule has 12 heavy (non-hydrogen) atoms. The molecule has 0 amide bonds. The van der Waals surface area contributed by atoms with Gasteiger partial charge in [-0.25, -0.2) is 9.97 Å². The average Bonchev–Trinajstić information content (AvgIpc) is 2.06. The van der Waals surface area contributed by atoms with Gasteiger partial charge in [0.15, 0.2) is 0 Å². The van der Waals surface area contributed by atoms with E-state index in [0.717, 1.165) is 30.8 Å². The third-order valence-electron chi connectivity index (χ3n) is 1.82. The van der Waals surface area contributed by atoms with E-state index in [2.05, 4.69) is 15.3 Å². The molecule has 66 valence electrons. The van der Waals surface area contributed by atoms with Crippen molar-refractivity contribution in [2.75, 3.05) is 6.54 Å². The van der Waals surface area contributed by atoms with E-state index in [9.17, 15) is 0 Å². The van der Waals surface area contributed by atoms with E-state index in [-0.39, 0.29) is 12.4 Å². The lowest BCUT2D eigenvalue weighted by molar-refractivity contribution is 0.626. The van der Waals surface area contributed by atoms with Crippen molar-refractivity contribution in [3.8, 4) is 0 Å². The summed E-state index contributed by atoms with van der Waals surface area (Å²) in [6, 6.07) is 0. The van der Waals surface area contributed by atoms with Crippen molar-refractivity contribution < 1.29 is 0 Å². The summed E-state index contributed by atoms with van der Waals surface area (Å²) in [6.45, 7) is 1.79. The Morgan fingerprint density at radius 1 is 1.42 bits per heavy atom. The van der Waals surface area contributed by atoms with Gasteiger partial charge in [0, 0.05) is 25.1 Å². The Bertz CT molecular complexity index is 277. The lowest BCUT2D eigenvalue weighted by atomic mass is 10.1. The summed E-state index contributed by atoms with van der Waals surface area (Å²) in [6.07, 6.45) is 2.48. The van der Waals surface area contributed by atoms with Crippen molar-refractivity contribution in [1.82, 2.24) is 15.3 Å². The molecule has 0 saturated heterocycles. The highest BCUT2D eigenvalue weighted by atomic mass is 35.5. The van der Waals surface area contributed by atoms with E-state index in [1.807, 2.05) is 0 Å². The van der Waals surface area contributed by atoms with Crippen LogP contribution in [0.25, 0.3) is 0 Å². The van der Waals surface area contributed by atoms with Gasteiger partial charge >= 0.3 is 0 Å². The Morgan fingerprint density at radius 2 is 2.25 bits per heavy atom. The van der Waals surface area contributed by atoms with E-state index in [0.29, 0.717) is 5.15 Å².